The van der Waals surface area contributed by atoms with Crippen molar-refractivity contribution in [1.82, 2.24) is 0 Å². The Balaban J connectivity index is 2.18. The van der Waals surface area contributed by atoms with Crippen LogP contribution in [-0.4, -0.2) is 5.78 Å². The van der Waals surface area contributed by atoms with Crippen LogP contribution in [0, 0.1) is 11.7 Å². The summed E-state index contributed by atoms with van der Waals surface area (Å²) in [5, 5.41) is 0. The minimum Gasteiger partial charge on any atom is -0.299 e. The van der Waals surface area contributed by atoms with Gasteiger partial charge in [0.1, 0.15) is 11.6 Å². The molecular weight excluding hydrogens is 227 g/mol. The number of hydrogen-bond acceptors (Lipinski definition) is 1. The average Bonchev–Trinajstić information content (AvgIpc) is 2.38. The van der Waals surface area contributed by atoms with Crippen LogP contribution in [0.4, 0.5) is 4.39 Å². The van der Waals surface area contributed by atoms with Crippen molar-refractivity contribution in [3.8, 4) is 0 Å². The van der Waals surface area contributed by atoms with Crippen LogP contribution < -0.4 is 0 Å². The third-order valence-electron chi connectivity index (χ3n) is 3.97. The lowest BCUT2D eigenvalue weighted by molar-refractivity contribution is -0.123. The maximum Gasteiger partial charge on any atom is 0.140 e. The second-order valence-corrected chi connectivity index (χ2v) is 5.29. The Bertz CT molecular complexity index is 396. The fourth-order valence-corrected chi connectivity index (χ4v) is 3.03. The molecule has 0 N–H and O–H groups in total. The maximum absolute atomic E-state index is 13.0. The van der Waals surface area contributed by atoms with Gasteiger partial charge < -0.3 is 0 Å². The topological polar surface area (TPSA) is 17.1 Å². The van der Waals surface area contributed by atoms with Crippen LogP contribution >= 0.6 is 0 Å². The van der Waals surface area contributed by atoms with E-state index in [4.69, 9.17) is 0 Å². The second-order valence-electron chi connectivity index (χ2n) is 5.29. The van der Waals surface area contributed by atoms with E-state index in [-0.39, 0.29) is 11.7 Å². The molecular formula is C16H21FO. The van der Waals surface area contributed by atoms with E-state index >= 15 is 0 Å². The normalized spacial score (nSPS) is 24.2. The first-order chi connectivity index (χ1) is 8.72. The van der Waals surface area contributed by atoms with Crippen molar-refractivity contribution in [3.05, 3.63) is 35.6 Å². The van der Waals surface area contributed by atoms with Gasteiger partial charge in [-0.1, -0.05) is 31.9 Å². The zero-order valence-corrected chi connectivity index (χ0v) is 11.0. The highest BCUT2D eigenvalue weighted by Crippen LogP contribution is 2.38. The van der Waals surface area contributed by atoms with Crippen LogP contribution in [0.5, 0.6) is 0 Å². The summed E-state index contributed by atoms with van der Waals surface area (Å²) in [5.41, 5.74) is 1.00. The first-order valence-electron chi connectivity index (χ1n) is 7.00. The van der Waals surface area contributed by atoms with Crippen molar-refractivity contribution in [2.45, 2.75) is 51.4 Å². The molecule has 0 unspecified atom stereocenters. The smallest absolute Gasteiger partial charge is 0.140 e. The molecule has 0 aliphatic heterocycles. The van der Waals surface area contributed by atoms with Gasteiger partial charge in [0.05, 0.1) is 0 Å². The first kappa shape index (κ1) is 13.3. The fraction of sp³-hybridized carbons (Fsp3) is 0.562. The molecule has 1 aliphatic carbocycles. The number of halogens is 1. The third kappa shape index (κ3) is 2.98. The monoisotopic (exact) mass is 248 g/mol. The molecule has 0 spiro atoms. The number of hydrogen-bond donors (Lipinski definition) is 0. The third-order valence-corrected chi connectivity index (χ3v) is 3.97. The quantitative estimate of drug-likeness (QED) is 0.768. The summed E-state index contributed by atoms with van der Waals surface area (Å²) < 4.78 is 13.0. The zero-order valence-electron chi connectivity index (χ0n) is 11.0. The molecule has 98 valence electrons. The van der Waals surface area contributed by atoms with E-state index in [1.54, 1.807) is 12.1 Å². The van der Waals surface area contributed by atoms with E-state index < -0.39 is 0 Å². The summed E-state index contributed by atoms with van der Waals surface area (Å²) in [5.74, 6) is 0.573. The van der Waals surface area contributed by atoms with E-state index in [9.17, 15) is 9.18 Å². The molecule has 0 saturated heterocycles. The summed E-state index contributed by atoms with van der Waals surface area (Å²) in [7, 11) is 0. The molecule has 1 aliphatic rings. The van der Waals surface area contributed by atoms with Crippen LogP contribution in [0.15, 0.2) is 24.3 Å². The summed E-state index contributed by atoms with van der Waals surface area (Å²) in [6, 6.07) is 6.49. The highest BCUT2D eigenvalue weighted by atomic mass is 19.1. The van der Waals surface area contributed by atoms with E-state index in [1.807, 2.05) is 0 Å². The van der Waals surface area contributed by atoms with Gasteiger partial charge in [0, 0.05) is 12.3 Å². The number of unbranched alkanes of at least 4 members (excludes halogenated alkanes) is 1. The van der Waals surface area contributed by atoms with Crippen molar-refractivity contribution in [2.24, 2.45) is 5.92 Å². The van der Waals surface area contributed by atoms with Crippen LogP contribution in [0.25, 0.3) is 0 Å². The van der Waals surface area contributed by atoms with Crippen molar-refractivity contribution < 1.29 is 9.18 Å². The van der Waals surface area contributed by atoms with Gasteiger partial charge in [-0.05, 0) is 42.9 Å². The number of carbonyl (C=O) groups excluding carboxylic acids is 1. The number of Topliss-reactive ketones (excluding diaryl/α,β-unsaturated/α-hetero) is 1. The molecule has 2 heteroatoms. The molecule has 0 heterocycles. The molecule has 1 fully saturated rings. The molecule has 1 saturated carbocycles. The summed E-state index contributed by atoms with van der Waals surface area (Å²) in [4.78, 5) is 12.2. The van der Waals surface area contributed by atoms with E-state index in [0.717, 1.165) is 24.8 Å². The van der Waals surface area contributed by atoms with Crippen LogP contribution in [0.1, 0.15) is 56.9 Å². The molecule has 0 bridgehead atoms. The van der Waals surface area contributed by atoms with Crippen molar-refractivity contribution in [3.63, 3.8) is 0 Å². The van der Waals surface area contributed by atoms with Gasteiger partial charge in [-0.3, -0.25) is 4.79 Å². The number of carbonyl (C=O) groups is 1. The molecule has 1 aromatic rings. The number of benzene rings is 1. The maximum atomic E-state index is 13.0. The zero-order chi connectivity index (χ0) is 13.0. The Morgan fingerprint density at radius 3 is 2.67 bits per heavy atom. The Hall–Kier alpha value is -1.18. The van der Waals surface area contributed by atoms with Crippen molar-refractivity contribution >= 4 is 5.78 Å². The van der Waals surface area contributed by atoms with Gasteiger partial charge in [-0.15, -0.1) is 0 Å². The standard InChI is InChI=1S/C16H21FO/c1-2-3-5-12-6-4-7-15(18)16(12)13-8-10-14(17)11-9-13/h8-12,16H,2-7H2,1H3/t12-,16-/m1/s1. The van der Waals surface area contributed by atoms with E-state index in [2.05, 4.69) is 6.92 Å². The molecule has 0 amide bonds. The second kappa shape index (κ2) is 6.12. The van der Waals surface area contributed by atoms with Crippen LogP contribution in [0.2, 0.25) is 0 Å². The largest absolute Gasteiger partial charge is 0.299 e. The van der Waals surface area contributed by atoms with Crippen molar-refractivity contribution in [2.75, 3.05) is 0 Å². The minimum atomic E-state index is -0.230. The molecule has 18 heavy (non-hydrogen) atoms. The SMILES string of the molecule is CCCC[C@@H]1CCCC(=O)[C@H]1c1ccc(F)cc1. The Labute approximate surface area is 108 Å². The Morgan fingerprint density at radius 1 is 1.28 bits per heavy atom. The minimum absolute atomic E-state index is 0.00546. The summed E-state index contributed by atoms with van der Waals surface area (Å²) in [6.07, 6.45) is 6.30. The van der Waals surface area contributed by atoms with Crippen LogP contribution in [0.3, 0.4) is 0 Å². The lowest BCUT2D eigenvalue weighted by Crippen LogP contribution is -2.26. The molecule has 0 aromatic heterocycles. The predicted molar refractivity (Wildman–Crippen MR) is 71.0 cm³/mol. The van der Waals surface area contributed by atoms with Gasteiger partial charge in [0.25, 0.3) is 0 Å². The summed E-state index contributed by atoms with van der Waals surface area (Å²) in [6.45, 7) is 2.18. The van der Waals surface area contributed by atoms with Crippen molar-refractivity contribution in [1.29, 1.82) is 0 Å². The first-order valence-corrected chi connectivity index (χ1v) is 7.00. The van der Waals surface area contributed by atoms with E-state index in [0.29, 0.717) is 18.1 Å². The molecule has 0 radical (unpaired) electrons. The van der Waals surface area contributed by atoms with Gasteiger partial charge in [-0.25, -0.2) is 4.39 Å². The number of ketones is 1. The predicted octanol–water partition coefficient (Wildman–Crippen LogP) is 4.47. The van der Waals surface area contributed by atoms with Gasteiger partial charge >= 0.3 is 0 Å². The van der Waals surface area contributed by atoms with Gasteiger partial charge in [0.2, 0.25) is 0 Å². The molecule has 1 aromatic carbocycles. The highest BCUT2D eigenvalue weighted by molar-refractivity contribution is 5.86. The van der Waals surface area contributed by atoms with Gasteiger partial charge in [0.15, 0.2) is 0 Å². The summed E-state index contributed by atoms with van der Waals surface area (Å²) >= 11 is 0. The molecule has 2 rings (SSSR count). The van der Waals surface area contributed by atoms with Gasteiger partial charge in [-0.2, -0.15) is 0 Å². The molecule has 1 nitrogen and oxygen atoms in total. The Kier molecular flexibility index (Phi) is 4.51. The lowest BCUT2D eigenvalue weighted by atomic mass is 9.72. The fourth-order valence-electron chi connectivity index (χ4n) is 3.03. The van der Waals surface area contributed by atoms with Crippen LogP contribution in [-0.2, 0) is 4.79 Å². The number of rotatable bonds is 4. The molecule has 2 atom stereocenters. The Morgan fingerprint density at radius 2 is 2.00 bits per heavy atom. The van der Waals surface area contributed by atoms with E-state index in [1.165, 1.54) is 25.0 Å². The lowest BCUT2D eigenvalue weighted by Gasteiger charge is -2.30. The highest BCUT2D eigenvalue weighted by Gasteiger charge is 2.32. The average molecular weight is 248 g/mol.